The number of imidazole rings is 1. The summed E-state index contributed by atoms with van der Waals surface area (Å²) < 4.78 is 7.54. The molecule has 0 atom stereocenters. The largest absolute Gasteiger partial charge is 0.494 e. The fraction of sp³-hybridized carbons (Fsp3) is 0.208. The van der Waals surface area contributed by atoms with Crippen LogP contribution < -0.4 is 10.1 Å². The van der Waals surface area contributed by atoms with E-state index >= 15 is 0 Å². The molecule has 7 heteroatoms. The number of ether oxygens (including phenoxy) is 1. The maximum absolute atomic E-state index is 6.06. The topological polar surface area (TPSA) is 64.9 Å². The second-order valence-electron chi connectivity index (χ2n) is 7.26. The Morgan fingerprint density at radius 1 is 1.10 bits per heavy atom. The van der Waals surface area contributed by atoms with Gasteiger partial charge in [0.2, 0.25) is 5.95 Å². The number of halogens is 1. The van der Waals surface area contributed by atoms with Crippen molar-refractivity contribution in [1.82, 2.24) is 19.5 Å². The van der Waals surface area contributed by atoms with Crippen molar-refractivity contribution in [3.8, 4) is 22.7 Å². The molecule has 2 aromatic carbocycles. The van der Waals surface area contributed by atoms with Gasteiger partial charge < -0.3 is 14.6 Å². The summed E-state index contributed by atoms with van der Waals surface area (Å²) in [7, 11) is 1.65. The standard InChI is InChI=1S/C24H24ClN5O/c1-4-5-18-13-26-24(29-23(18)17-6-8-19(25)9-7-17)28-20-10-11-21(22(12-20)31-3)30-14-16(2)27-15-30/h6-15H,4-5H2,1-3H3,(H,26,28,29). The minimum atomic E-state index is 0.526. The molecule has 0 aliphatic rings. The Labute approximate surface area is 186 Å². The van der Waals surface area contributed by atoms with Crippen molar-refractivity contribution in [2.45, 2.75) is 26.7 Å². The van der Waals surface area contributed by atoms with Crippen LogP contribution in [0.3, 0.4) is 0 Å². The molecule has 0 amide bonds. The van der Waals surface area contributed by atoms with Gasteiger partial charge >= 0.3 is 0 Å². The fourth-order valence-corrected chi connectivity index (χ4v) is 3.55. The van der Waals surface area contributed by atoms with Crippen molar-refractivity contribution in [1.29, 1.82) is 0 Å². The van der Waals surface area contributed by atoms with Crippen molar-refractivity contribution < 1.29 is 4.74 Å². The lowest BCUT2D eigenvalue weighted by molar-refractivity contribution is 0.413. The van der Waals surface area contributed by atoms with Crippen molar-refractivity contribution in [3.63, 3.8) is 0 Å². The molecular formula is C24H24ClN5O. The maximum Gasteiger partial charge on any atom is 0.227 e. The van der Waals surface area contributed by atoms with E-state index in [0.717, 1.165) is 52.5 Å². The van der Waals surface area contributed by atoms with Gasteiger partial charge in [-0.05, 0) is 43.2 Å². The highest BCUT2D eigenvalue weighted by molar-refractivity contribution is 6.30. The van der Waals surface area contributed by atoms with Crippen LogP contribution in [-0.4, -0.2) is 26.6 Å². The molecule has 4 aromatic rings. The van der Waals surface area contributed by atoms with Gasteiger partial charge in [0.25, 0.3) is 0 Å². The van der Waals surface area contributed by atoms with Crippen LogP contribution in [0.1, 0.15) is 24.6 Å². The molecule has 6 nitrogen and oxygen atoms in total. The Balaban J connectivity index is 1.66. The molecule has 0 saturated heterocycles. The van der Waals surface area contributed by atoms with Gasteiger partial charge in [-0.25, -0.2) is 15.0 Å². The van der Waals surface area contributed by atoms with E-state index in [1.54, 1.807) is 13.4 Å². The summed E-state index contributed by atoms with van der Waals surface area (Å²) in [5.41, 5.74) is 5.73. The van der Waals surface area contributed by atoms with Crippen LogP contribution in [0.25, 0.3) is 16.9 Å². The lowest BCUT2D eigenvalue weighted by Crippen LogP contribution is -2.03. The minimum Gasteiger partial charge on any atom is -0.494 e. The lowest BCUT2D eigenvalue weighted by Gasteiger charge is -2.14. The second kappa shape index (κ2) is 9.18. The van der Waals surface area contributed by atoms with Crippen LogP contribution in [0.2, 0.25) is 5.02 Å². The third-order valence-electron chi connectivity index (χ3n) is 4.93. The van der Waals surface area contributed by atoms with Gasteiger partial charge in [0.15, 0.2) is 0 Å². The molecule has 0 aliphatic heterocycles. The summed E-state index contributed by atoms with van der Waals surface area (Å²) in [6.45, 7) is 4.10. The van der Waals surface area contributed by atoms with E-state index in [1.807, 2.05) is 66.3 Å². The van der Waals surface area contributed by atoms with E-state index in [1.165, 1.54) is 0 Å². The number of anilines is 2. The first-order valence-corrected chi connectivity index (χ1v) is 10.5. The second-order valence-corrected chi connectivity index (χ2v) is 7.69. The van der Waals surface area contributed by atoms with Gasteiger partial charge in [0.05, 0.1) is 30.5 Å². The third-order valence-corrected chi connectivity index (χ3v) is 5.18. The molecule has 31 heavy (non-hydrogen) atoms. The molecule has 0 aliphatic carbocycles. The van der Waals surface area contributed by atoms with Crippen LogP contribution in [0, 0.1) is 6.92 Å². The number of hydrogen-bond acceptors (Lipinski definition) is 5. The third kappa shape index (κ3) is 4.70. The van der Waals surface area contributed by atoms with Crippen molar-refractivity contribution in [2.24, 2.45) is 0 Å². The van der Waals surface area contributed by atoms with Crippen LogP contribution >= 0.6 is 11.6 Å². The van der Waals surface area contributed by atoms with Crippen LogP contribution in [0.4, 0.5) is 11.6 Å². The molecule has 4 rings (SSSR count). The smallest absolute Gasteiger partial charge is 0.227 e. The molecule has 0 radical (unpaired) electrons. The van der Waals surface area contributed by atoms with E-state index < -0.39 is 0 Å². The van der Waals surface area contributed by atoms with Crippen LogP contribution in [0.5, 0.6) is 5.75 Å². The molecule has 0 bridgehead atoms. The zero-order valence-corrected chi connectivity index (χ0v) is 18.5. The van der Waals surface area contributed by atoms with E-state index in [0.29, 0.717) is 11.0 Å². The predicted molar refractivity (Wildman–Crippen MR) is 125 cm³/mol. The highest BCUT2D eigenvalue weighted by Crippen LogP contribution is 2.29. The monoisotopic (exact) mass is 433 g/mol. The average Bonchev–Trinajstić information content (AvgIpc) is 3.21. The number of methoxy groups -OCH3 is 1. The first kappa shape index (κ1) is 20.9. The van der Waals surface area contributed by atoms with Crippen LogP contribution in [-0.2, 0) is 6.42 Å². The normalized spacial score (nSPS) is 10.8. The van der Waals surface area contributed by atoms with Gasteiger partial charge in [-0.2, -0.15) is 0 Å². The maximum atomic E-state index is 6.06. The van der Waals surface area contributed by atoms with Gasteiger partial charge in [-0.1, -0.05) is 37.1 Å². The molecule has 0 spiro atoms. The van der Waals surface area contributed by atoms with E-state index in [2.05, 4.69) is 22.2 Å². The molecule has 2 heterocycles. The Hall–Kier alpha value is -3.38. The number of hydrogen-bond donors (Lipinski definition) is 1. The van der Waals surface area contributed by atoms with Gasteiger partial charge in [0.1, 0.15) is 5.75 Å². The summed E-state index contributed by atoms with van der Waals surface area (Å²) >= 11 is 6.06. The molecule has 0 unspecified atom stereocenters. The minimum absolute atomic E-state index is 0.526. The predicted octanol–water partition coefficient (Wildman–Crippen LogP) is 6.00. The van der Waals surface area contributed by atoms with E-state index in [4.69, 9.17) is 21.3 Å². The van der Waals surface area contributed by atoms with Crippen molar-refractivity contribution >= 4 is 23.2 Å². The Kier molecular flexibility index (Phi) is 6.18. The summed E-state index contributed by atoms with van der Waals surface area (Å²) in [5.74, 6) is 1.25. The quantitative estimate of drug-likeness (QED) is 0.387. The number of rotatable bonds is 7. The summed E-state index contributed by atoms with van der Waals surface area (Å²) in [6, 6.07) is 13.6. The summed E-state index contributed by atoms with van der Waals surface area (Å²) in [6.07, 6.45) is 7.55. The molecule has 2 aromatic heterocycles. The van der Waals surface area contributed by atoms with E-state index in [9.17, 15) is 0 Å². The number of nitrogens with zero attached hydrogens (tertiary/aromatic N) is 4. The zero-order valence-electron chi connectivity index (χ0n) is 17.8. The molecule has 158 valence electrons. The van der Waals surface area contributed by atoms with Crippen molar-refractivity contribution in [3.05, 3.63) is 77.5 Å². The summed E-state index contributed by atoms with van der Waals surface area (Å²) in [4.78, 5) is 13.6. The average molecular weight is 434 g/mol. The molecule has 0 fully saturated rings. The van der Waals surface area contributed by atoms with Crippen molar-refractivity contribution in [2.75, 3.05) is 12.4 Å². The fourth-order valence-electron chi connectivity index (χ4n) is 3.43. The first-order valence-electron chi connectivity index (χ1n) is 10.1. The zero-order chi connectivity index (χ0) is 21.8. The highest BCUT2D eigenvalue weighted by atomic mass is 35.5. The SMILES string of the molecule is CCCc1cnc(Nc2ccc(-n3cnc(C)c3)c(OC)c2)nc1-c1ccc(Cl)cc1. The van der Waals surface area contributed by atoms with E-state index in [-0.39, 0.29) is 0 Å². The van der Waals surface area contributed by atoms with Gasteiger partial charge in [0, 0.05) is 34.7 Å². The number of aryl methyl sites for hydroxylation is 2. The first-order chi connectivity index (χ1) is 15.1. The van der Waals surface area contributed by atoms with Gasteiger partial charge in [-0.15, -0.1) is 0 Å². The molecule has 0 saturated carbocycles. The van der Waals surface area contributed by atoms with Crippen LogP contribution in [0.15, 0.2) is 61.2 Å². The Morgan fingerprint density at radius 3 is 2.58 bits per heavy atom. The summed E-state index contributed by atoms with van der Waals surface area (Å²) in [5, 5.41) is 4.00. The highest BCUT2D eigenvalue weighted by Gasteiger charge is 2.12. The number of aromatic nitrogens is 4. The number of nitrogens with one attached hydrogen (secondary N) is 1. The number of benzene rings is 2. The molecular weight excluding hydrogens is 410 g/mol. The Bertz CT molecular complexity index is 1190. The molecule has 1 N–H and O–H groups in total. The van der Waals surface area contributed by atoms with Gasteiger partial charge in [-0.3, -0.25) is 0 Å². The Morgan fingerprint density at radius 2 is 1.90 bits per heavy atom. The lowest BCUT2D eigenvalue weighted by atomic mass is 10.0.